The summed E-state index contributed by atoms with van der Waals surface area (Å²) in [5.74, 6) is -2.00. The lowest BCUT2D eigenvalue weighted by Crippen LogP contribution is -2.18. The monoisotopic (exact) mass is 311 g/mol. The SMILES string of the molecule is CC(C)(CCNc1nc(C(F)(F)F)ns1)CCC(=O)O. The molecule has 0 fully saturated rings. The summed E-state index contributed by atoms with van der Waals surface area (Å²) in [7, 11) is 0. The van der Waals surface area contributed by atoms with E-state index in [4.69, 9.17) is 5.11 Å². The molecule has 0 saturated carbocycles. The lowest BCUT2D eigenvalue weighted by Gasteiger charge is -2.23. The molecular formula is C11H16F3N3O2S. The molecular weight excluding hydrogens is 295 g/mol. The highest BCUT2D eigenvalue weighted by atomic mass is 32.1. The van der Waals surface area contributed by atoms with Gasteiger partial charge in [-0.25, -0.2) is 0 Å². The van der Waals surface area contributed by atoms with E-state index in [-0.39, 0.29) is 17.0 Å². The van der Waals surface area contributed by atoms with Crippen LogP contribution in [-0.4, -0.2) is 27.0 Å². The Morgan fingerprint density at radius 2 is 2.00 bits per heavy atom. The number of aliphatic carboxylic acids is 1. The molecule has 9 heteroatoms. The number of aromatic nitrogens is 2. The minimum Gasteiger partial charge on any atom is -0.481 e. The summed E-state index contributed by atoms with van der Waals surface area (Å²) >= 11 is 0.659. The Bertz CT molecular complexity index is 460. The molecule has 0 bridgehead atoms. The number of carboxylic acid groups (broad SMARTS) is 1. The topological polar surface area (TPSA) is 75.1 Å². The van der Waals surface area contributed by atoms with Crippen molar-refractivity contribution in [3.05, 3.63) is 5.82 Å². The molecule has 0 atom stereocenters. The van der Waals surface area contributed by atoms with Crippen LogP contribution in [-0.2, 0) is 11.0 Å². The Kier molecular flexibility index (Phi) is 5.32. The van der Waals surface area contributed by atoms with E-state index < -0.39 is 18.0 Å². The van der Waals surface area contributed by atoms with Crippen LogP contribution in [0.5, 0.6) is 0 Å². The third-order valence-corrected chi connectivity index (χ3v) is 3.45. The van der Waals surface area contributed by atoms with Gasteiger partial charge in [-0.15, -0.1) is 0 Å². The van der Waals surface area contributed by atoms with Gasteiger partial charge in [0.05, 0.1) is 0 Å². The van der Waals surface area contributed by atoms with Crippen LogP contribution in [0.3, 0.4) is 0 Å². The van der Waals surface area contributed by atoms with E-state index in [2.05, 4.69) is 14.7 Å². The van der Waals surface area contributed by atoms with Crippen LogP contribution in [0.15, 0.2) is 0 Å². The Hall–Kier alpha value is -1.38. The van der Waals surface area contributed by atoms with E-state index >= 15 is 0 Å². The molecule has 5 nitrogen and oxygen atoms in total. The first kappa shape index (κ1) is 16.7. The molecule has 0 aliphatic carbocycles. The Balaban J connectivity index is 2.40. The van der Waals surface area contributed by atoms with Gasteiger partial charge in [0.1, 0.15) is 0 Å². The third-order valence-electron chi connectivity index (χ3n) is 2.77. The quantitative estimate of drug-likeness (QED) is 0.808. The average molecular weight is 311 g/mol. The number of hydrogen-bond acceptors (Lipinski definition) is 5. The standard InChI is InChI=1S/C11H16F3N3O2S/c1-10(2,4-3-7(18)19)5-6-15-9-16-8(17-20-9)11(12,13)14/h3-6H2,1-2H3,(H,18,19)(H,15,16,17). The zero-order valence-electron chi connectivity index (χ0n) is 11.1. The van der Waals surface area contributed by atoms with E-state index in [9.17, 15) is 18.0 Å². The molecule has 0 aliphatic rings. The number of nitrogens with zero attached hydrogens (tertiary/aromatic N) is 2. The van der Waals surface area contributed by atoms with Crippen LogP contribution in [0.1, 0.15) is 38.9 Å². The molecule has 1 aromatic rings. The number of alkyl halides is 3. The van der Waals surface area contributed by atoms with Gasteiger partial charge in [0.25, 0.3) is 0 Å². The smallest absolute Gasteiger partial charge is 0.452 e. The highest BCUT2D eigenvalue weighted by Gasteiger charge is 2.36. The second kappa shape index (κ2) is 6.38. The highest BCUT2D eigenvalue weighted by Crippen LogP contribution is 2.30. The number of carbonyl (C=O) groups is 1. The van der Waals surface area contributed by atoms with Crippen molar-refractivity contribution in [2.45, 2.75) is 39.3 Å². The second-order valence-electron chi connectivity index (χ2n) is 5.16. The van der Waals surface area contributed by atoms with Gasteiger partial charge in [0.15, 0.2) is 0 Å². The number of anilines is 1. The Morgan fingerprint density at radius 3 is 2.50 bits per heavy atom. The molecule has 0 aromatic carbocycles. The van der Waals surface area contributed by atoms with Gasteiger partial charge in [0, 0.05) is 24.5 Å². The number of hydrogen-bond donors (Lipinski definition) is 2. The van der Waals surface area contributed by atoms with Crippen molar-refractivity contribution in [3.63, 3.8) is 0 Å². The summed E-state index contributed by atoms with van der Waals surface area (Å²) in [5.41, 5.74) is -0.205. The average Bonchev–Trinajstić information content (AvgIpc) is 2.75. The predicted octanol–water partition coefficient (Wildman–Crippen LogP) is 3.25. The van der Waals surface area contributed by atoms with Crippen molar-refractivity contribution < 1.29 is 23.1 Å². The normalized spacial score (nSPS) is 12.4. The van der Waals surface area contributed by atoms with E-state index in [1.54, 1.807) is 0 Å². The fourth-order valence-electron chi connectivity index (χ4n) is 1.49. The molecule has 0 radical (unpaired) electrons. The minimum absolute atomic E-state index is 0.0734. The maximum Gasteiger partial charge on any atom is 0.452 e. The minimum atomic E-state index is -4.53. The number of carboxylic acids is 1. The van der Waals surface area contributed by atoms with E-state index in [0.29, 0.717) is 30.9 Å². The first-order valence-electron chi connectivity index (χ1n) is 5.97. The summed E-state index contributed by atoms with van der Waals surface area (Å²) < 4.78 is 40.1. The van der Waals surface area contributed by atoms with Crippen LogP contribution in [0.4, 0.5) is 18.3 Å². The summed E-state index contributed by atoms with van der Waals surface area (Å²) in [6.45, 7) is 4.25. The maximum absolute atomic E-state index is 12.3. The molecule has 0 spiro atoms. The van der Waals surface area contributed by atoms with Gasteiger partial charge < -0.3 is 10.4 Å². The summed E-state index contributed by atoms with van der Waals surface area (Å²) in [5, 5.41) is 11.5. The van der Waals surface area contributed by atoms with Crippen molar-refractivity contribution in [1.82, 2.24) is 9.36 Å². The van der Waals surface area contributed by atoms with Crippen LogP contribution in [0.25, 0.3) is 0 Å². The van der Waals surface area contributed by atoms with Crippen LogP contribution in [0.2, 0.25) is 0 Å². The molecule has 114 valence electrons. The first-order valence-corrected chi connectivity index (χ1v) is 6.74. The first-order chi connectivity index (χ1) is 9.10. The van der Waals surface area contributed by atoms with Gasteiger partial charge in [-0.05, 0) is 18.3 Å². The maximum atomic E-state index is 12.3. The van der Waals surface area contributed by atoms with E-state index in [1.165, 1.54) is 0 Å². The largest absolute Gasteiger partial charge is 0.481 e. The summed E-state index contributed by atoms with van der Waals surface area (Å²) in [4.78, 5) is 13.9. The van der Waals surface area contributed by atoms with Gasteiger partial charge in [0.2, 0.25) is 11.0 Å². The highest BCUT2D eigenvalue weighted by molar-refractivity contribution is 7.09. The van der Waals surface area contributed by atoms with Crippen molar-refractivity contribution in [2.75, 3.05) is 11.9 Å². The lowest BCUT2D eigenvalue weighted by molar-refractivity contribution is -0.144. The van der Waals surface area contributed by atoms with Crippen molar-refractivity contribution >= 4 is 22.6 Å². The van der Waals surface area contributed by atoms with Crippen molar-refractivity contribution in [3.8, 4) is 0 Å². The Labute approximate surface area is 118 Å². The number of halogens is 3. The molecule has 0 amide bonds. The fourth-order valence-corrected chi connectivity index (χ4v) is 2.10. The van der Waals surface area contributed by atoms with Crippen LogP contribution < -0.4 is 5.32 Å². The van der Waals surface area contributed by atoms with E-state index in [0.717, 1.165) is 0 Å². The Morgan fingerprint density at radius 1 is 1.35 bits per heavy atom. The van der Waals surface area contributed by atoms with Crippen LogP contribution >= 0.6 is 11.5 Å². The van der Waals surface area contributed by atoms with Gasteiger partial charge in [-0.2, -0.15) is 22.5 Å². The van der Waals surface area contributed by atoms with Crippen LogP contribution in [0, 0.1) is 5.41 Å². The predicted molar refractivity (Wildman–Crippen MR) is 68.7 cm³/mol. The zero-order valence-corrected chi connectivity index (χ0v) is 11.9. The third kappa shape index (κ3) is 5.72. The molecule has 2 N–H and O–H groups in total. The zero-order chi connectivity index (χ0) is 15.4. The fraction of sp³-hybridized carbons (Fsp3) is 0.727. The van der Waals surface area contributed by atoms with E-state index in [1.807, 2.05) is 13.8 Å². The number of rotatable bonds is 7. The summed E-state index contributed by atoms with van der Waals surface area (Å²) in [6, 6.07) is 0. The summed E-state index contributed by atoms with van der Waals surface area (Å²) in [6.07, 6.45) is -3.32. The van der Waals surface area contributed by atoms with Crippen molar-refractivity contribution in [2.24, 2.45) is 5.41 Å². The molecule has 0 saturated heterocycles. The number of nitrogens with one attached hydrogen (secondary N) is 1. The lowest BCUT2D eigenvalue weighted by atomic mass is 9.84. The van der Waals surface area contributed by atoms with Gasteiger partial charge in [-0.3, -0.25) is 4.79 Å². The molecule has 20 heavy (non-hydrogen) atoms. The molecule has 1 rings (SSSR count). The second-order valence-corrected chi connectivity index (χ2v) is 5.91. The van der Waals surface area contributed by atoms with Crippen molar-refractivity contribution in [1.29, 1.82) is 0 Å². The molecule has 0 unspecified atom stereocenters. The van der Waals surface area contributed by atoms with Gasteiger partial charge in [-0.1, -0.05) is 13.8 Å². The molecule has 1 aromatic heterocycles. The molecule has 0 aliphatic heterocycles. The molecule has 1 heterocycles. The van der Waals surface area contributed by atoms with Gasteiger partial charge >= 0.3 is 12.1 Å².